The van der Waals surface area contributed by atoms with Crippen molar-refractivity contribution in [2.24, 2.45) is 4.99 Å². The Balaban J connectivity index is 1.55. The number of aliphatic imine (C=N–C) groups is 1. The Bertz CT molecular complexity index is 904. The second kappa shape index (κ2) is 8.09. The highest BCUT2D eigenvalue weighted by Gasteiger charge is 2.30. The first-order valence-electron chi connectivity index (χ1n) is 10.1. The number of benzene rings is 2. The normalized spacial score (nSPS) is 18.2. The Kier molecular flexibility index (Phi) is 5.52. The number of hydrogen-bond acceptors (Lipinski definition) is 3. The minimum atomic E-state index is -4.31. The summed E-state index contributed by atoms with van der Waals surface area (Å²) in [5.41, 5.74) is 3.58. The zero-order chi connectivity index (χ0) is 20.4. The first-order chi connectivity index (χ1) is 14.0. The van der Waals surface area contributed by atoms with E-state index in [0.29, 0.717) is 32.0 Å². The number of alkyl halides is 3. The lowest BCUT2D eigenvalue weighted by Gasteiger charge is -2.28. The number of nitrogens with zero attached hydrogens (tertiary/aromatic N) is 1. The molecule has 4 rings (SSSR count). The van der Waals surface area contributed by atoms with Crippen LogP contribution in [0, 0.1) is 0 Å². The number of rotatable bonds is 5. The van der Waals surface area contributed by atoms with Crippen LogP contribution in [0.2, 0.25) is 0 Å². The van der Waals surface area contributed by atoms with Crippen LogP contribution >= 0.6 is 0 Å². The molecule has 2 heterocycles. The lowest BCUT2D eigenvalue weighted by Crippen LogP contribution is -2.21. The van der Waals surface area contributed by atoms with Crippen LogP contribution in [-0.2, 0) is 12.6 Å². The fourth-order valence-electron chi connectivity index (χ4n) is 4.03. The summed E-state index contributed by atoms with van der Waals surface area (Å²) in [6.07, 6.45) is -0.849. The molecular weight excluding hydrogens is 379 g/mol. The molecule has 0 N–H and O–H groups in total. The predicted molar refractivity (Wildman–Crippen MR) is 106 cm³/mol. The van der Waals surface area contributed by atoms with E-state index in [1.54, 1.807) is 12.1 Å². The molecule has 6 heteroatoms. The zero-order valence-corrected chi connectivity index (χ0v) is 16.4. The van der Waals surface area contributed by atoms with Crippen LogP contribution in [0.5, 0.6) is 11.5 Å². The topological polar surface area (TPSA) is 30.8 Å². The van der Waals surface area contributed by atoms with E-state index in [2.05, 4.69) is 13.0 Å². The van der Waals surface area contributed by atoms with Gasteiger partial charge in [-0.05, 0) is 54.7 Å². The molecular formula is C23H24F3NO2. The third-order valence-corrected chi connectivity index (χ3v) is 5.54. The van der Waals surface area contributed by atoms with Crippen LogP contribution in [0.4, 0.5) is 13.2 Å². The number of ether oxygens (including phenoxy) is 2. The van der Waals surface area contributed by atoms with Gasteiger partial charge >= 0.3 is 6.18 Å². The van der Waals surface area contributed by atoms with Crippen molar-refractivity contribution in [1.29, 1.82) is 0 Å². The summed E-state index contributed by atoms with van der Waals surface area (Å²) >= 11 is 0. The molecule has 0 bridgehead atoms. The van der Waals surface area contributed by atoms with Crippen LogP contribution in [0.25, 0.3) is 0 Å². The molecule has 154 valence electrons. The molecule has 0 fully saturated rings. The van der Waals surface area contributed by atoms with Gasteiger partial charge in [-0.25, -0.2) is 0 Å². The van der Waals surface area contributed by atoms with Crippen molar-refractivity contribution in [2.75, 3.05) is 19.8 Å². The van der Waals surface area contributed by atoms with Gasteiger partial charge in [0.05, 0.1) is 5.56 Å². The molecule has 29 heavy (non-hydrogen) atoms. The Labute approximate surface area is 168 Å². The second-order valence-corrected chi connectivity index (χ2v) is 7.55. The lowest BCUT2D eigenvalue weighted by atomic mass is 9.84. The maximum absolute atomic E-state index is 12.8. The van der Waals surface area contributed by atoms with Gasteiger partial charge in [0.1, 0.15) is 13.2 Å². The highest BCUT2D eigenvalue weighted by atomic mass is 19.4. The standard InChI is InChI=1S/C23H24F3NO2/c1-2-3-16-14-27-20(9-6-15-4-7-17(8-5-15)23(24,25)26)19-13-22-21(12-18(16)19)28-10-11-29-22/h4-5,7-8,12-13,16H,2-3,6,9-11,14H2,1H3. The number of hydrogen-bond donors (Lipinski definition) is 0. The van der Waals surface area contributed by atoms with E-state index in [-0.39, 0.29) is 0 Å². The molecule has 2 aliphatic rings. The highest BCUT2D eigenvalue weighted by molar-refractivity contribution is 6.03. The maximum Gasteiger partial charge on any atom is 0.416 e. The smallest absolute Gasteiger partial charge is 0.416 e. The average Bonchev–Trinajstić information content (AvgIpc) is 2.72. The van der Waals surface area contributed by atoms with Crippen molar-refractivity contribution in [3.8, 4) is 11.5 Å². The molecule has 0 aliphatic carbocycles. The average molecular weight is 403 g/mol. The largest absolute Gasteiger partial charge is 0.486 e. The van der Waals surface area contributed by atoms with E-state index in [4.69, 9.17) is 14.5 Å². The predicted octanol–water partition coefficient (Wildman–Crippen LogP) is 5.80. The molecule has 0 saturated carbocycles. The van der Waals surface area contributed by atoms with Crippen molar-refractivity contribution in [1.82, 2.24) is 0 Å². The van der Waals surface area contributed by atoms with Crippen LogP contribution in [0.3, 0.4) is 0 Å². The van der Waals surface area contributed by atoms with Crippen LogP contribution in [0.1, 0.15) is 54.4 Å². The zero-order valence-electron chi connectivity index (χ0n) is 16.4. The van der Waals surface area contributed by atoms with Gasteiger partial charge in [-0.1, -0.05) is 25.5 Å². The van der Waals surface area contributed by atoms with E-state index < -0.39 is 11.7 Å². The van der Waals surface area contributed by atoms with Crippen molar-refractivity contribution in [2.45, 2.75) is 44.7 Å². The monoisotopic (exact) mass is 403 g/mol. The van der Waals surface area contributed by atoms with E-state index in [1.807, 2.05) is 6.07 Å². The number of fused-ring (bicyclic) bond motifs is 2. The van der Waals surface area contributed by atoms with E-state index in [9.17, 15) is 13.2 Å². The van der Waals surface area contributed by atoms with Crippen LogP contribution in [-0.4, -0.2) is 25.5 Å². The summed E-state index contributed by atoms with van der Waals surface area (Å²) in [4.78, 5) is 4.83. The first-order valence-corrected chi connectivity index (χ1v) is 10.1. The third kappa shape index (κ3) is 4.26. The van der Waals surface area contributed by atoms with Crippen molar-refractivity contribution in [3.63, 3.8) is 0 Å². The number of halogens is 3. The summed E-state index contributed by atoms with van der Waals surface area (Å²) in [7, 11) is 0. The SMILES string of the molecule is CCCC1CN=C(CCc2ccc(C(F)(F)F)cc2)c2cc3c(cc21)OCCO3. The molecule has 0 spiro atoms. The quantitative estimate of drug-likeness (QED) is 0.632. The molecule has 0 saturated heterocycles. The van der Waals surface area contributed by atoms with Gasteiger partial charge in [-0.2, -0.15) is 13.2 Å². The van der Waals surface area contributed by atoms with Crippen molar-refractivity contribution >= 4 is 5.71 Å². The molecule has 2 aromatic carbocycles. The molecule has 2 aromatic rings. The lowest BCUT2D eigenvalue weighted by molar-refractivity contribution is -0.137. The fourth-order valence-corrected chi connectivity index (χ4v) is 4.03. The molecule has 1 unspecified atom stereocenters. The summed E-state index contributed by atoms with van der Waals surface area (Å²) in [5.74, 6) is 1.90. The van der Waals surface area contributed by atoms with E-state index >= 15 is 0 Å². The van der Waals surface area contributed by atoms with Gasteiger partial charge in [0.25, 0.3) is 0 Å². The van der Waals surface area contributed by atoms with E-state index in [1.165, 1.54) is 5.56 Å². The summed E-state index contributed by atoms with van der Waals surface area (Å²) in [6, 6.07) is 9.51. The molecule has 0 amide bonds. The summed E-state index contributed by atoms with van der Waals surface area (Å²) in [6.45, 7) is 3.99. The molecule has 3 nitrogen and oxygen atoms in total. The Hall–Kier alpha value is -2.50. The maximum atomic E-state index is 12.8. The van der Waals surface area contributed by atoms with Gasteiger partial charge in [0.2, 0.25) is 0 Å². The van der Waals surface area contributed by atoms with Gasteiger partial charge in [-0.15, -0.1) is 0 Å². The van der Waals surface area contributed by atoms with Crippen LogP contribution in [0.15, 0.2) is 41.4 Å². The van der Waals surface area contributed by atoms with Gasteiger partial charge < -0.3 is 9.47 Å². The Morgan fingerprint density at radius 3 is 2.34 bits per heavy atom. The molecule has 0 radical (unpaired) electrons. The summed E-state index contributed by atoms with van der Waals surface area (Å²) < 4.78 is 49.8. The van der Waals surface area contributed by atoms with Gasteiger partial charge in [0, 0.05) is 23.7 Å². The van der Waals surface area contributed by atoms with Gasteiger partial charge in [-0.3, -0.25) is 4.99 Å². The van der Waals surface area contributed by atoms with Crippen molar-refractivity contribution < 1.29 is 22.6 Å². The van der Waals surface area contributed by atoms with E-state index in [0.717, 1.165) is 59.9 Å². The third-order valence-electron chi connectivity index (χ3n) is 5.54. The summed E-state index contributed by atoms with van der Waals surface area (Å²) in [5, 5.41) is 0. The van der Waals surface area contributed by atoms with Crippen LogP contribution < -0.4 is 9.47 Å². The van der Waals surface area contributed by atoms with Gasteiger partial charge in [0.15, 0.2) is 11.5 Å². The van der Waals surface area contributed by atoms with Crippen molar-refractivity contribution in [3.05, 3.63) is 58.7 Å². The fraction of sp³-hybridized carbons (Fsp3) is 0.435. The number of aryl methyl sites for hydroxylation is 1. The second-order valence-electron chi connectivity index (χ2n) is 7.55. The minimum Gasteiger partial charge on any atom is -0.486 e. The molecule has 1 atom stereocenters. The molecule has 2 aliphatic heterocycles. The first kappa shape index (κ1) is 19.8. The molecule has 0 aromatic heterocycles. The Morgan fingerprint density at radius 2 is 1.69 bits per heavy atom. The minimum absolute atomic E-state index is 0.362. The highest BCUT2D eigenvalue weighted by Crippen LogP contribution is 2.40. The Morgan fingerprint density at radius 1 is 1.00 bits per heavy atom.